The number of ether oxygens (including phenoxy) is 2. The Kier molecular flexibility index (Phi) is 7.14. The van der Waals surface area contributed by atoms with Crippen molar-refractivity contribution in [2.75, 3.05) is 4.90 Å². The molecule has 2 aliphatic carbocycles. The Morgan fingerprint density at radius 3 is 1.48 bits per heavy atom. The summed E-state index contributed by atoms with van der Waals surface area (Å²) < 4.78 is 14.0. The third-order valence-corrected chi connectivity index (χ3v) is 12.1. The van der Waals surface area contributed by atoms with E-state index >= 15 is 0 Å². The monoisotopic (exact) mass is 741 g/mol. The highest BCUT2D eigenvalue weighted by Gasteiger charge is 2.54. The topological polar surface area (TPSA) is 21.7 Å². The van der Waals surface area contributed by atoms with Gasteiger partial charge in [0.25, 0.3) is 0 Å². The molecular formula is C55H35NO2. The fourth-order valence-electron chi connectivity index (χ4n) is 9.68. The minimum absolute atomic E-state index is 0.557. The Labute approximate surface area is 337 Å². The van der Waals surface area contributed by atoms with Crippen molar-refractivity contribution in [2.24, 2.45) is 0 Å². The van der Waals surface area contributed by atoms with E-state index in [1.54, 1.807) is 0 Å². The summed E-state index contributed by atoms with van der Waals surface area (Å²) in [6.45, 7) is 0. The van der Waals surface area contributed by atoms with Gasteiger partial charge in [-0.15, -0.1) is 0 Å². The smallest absolute Gasteiger partial charge is 0.175 e. The maximum absolute atomic E-state index is 7.22. The van der Waals surface area contributed by atoms with Crippen LogP contribution in [0.3, 0.4) is 0 Å². The molecule has 0 bridgehead atoms. The molecule has 3 heteroatoms. The summed E-state index contributed by atoms with van der Waals surface area (Å²) in [5.74, 6) is 2.85. The van der Waals surface area contributed by atoms with E-state index in [-0.39, 0.29) is 0 Å². The minimum Gasteiger partial charge on any atom is -0.449 e. The number of hydrogen-bond donors (Lipinski definition) is 0. The van der Waals surface area contributed by atoms with Crippen LogP contribution < -0.4 is 14.4 Å². The zero-order valence-electron chi connectivity index (χ0n) is 31.5. The van der Waals surface area contributed by atoms with E-state index in [0.717, 1.165) is 45.3 Å². The van der Waals surface area contributed by atoms with Crippen molar-refractivity contribution in [2.45, 2.75) is 5.41 Å². The maximum atomic E-state index is 7.22. The van der Waals surface area contributed by atoms with Gasteiger partial charge in [-0.3, -0.25) is 0 Å². The Hall–Kier alpha value is -7.62. The van der Waals surface area contributed by atoms with Gasteiger partial charge in [-0.05, 0) is 104 Å². The van der Waals surface area contributed by atoms with Gasteiger partial charge in [0, 0.05) is 23.0 Å². The Bertz CT molecular complexity index is 3000. The predicted octanol–water partition coefficient (Wildman–Crippen LogP) is 14.7. The first-order valence-electron chi connectivity index (χ1n) is 19.8. The van der Waals surface area contributed by atoms with Crippen molar-refractivity contribution >= 4 is 17.1 Å². The molecule has 0 aromatic heterocycles. The fraction of sp³-hybridized carbons (Fsp3) is 0.0182. The molecule has 0 atom stereocenters. The molecule has 1 spiro atoms. The lowest BCUT2D eigenvalue weighted by Crippen LogP contribution is -2.26. The molecule has 1 aliphatic heterocycles. The molecule has 3 nitrogen and oxygen atoms in total. The molecule has 0 saturated carbocycles. The number of para-hydroxylation sites is 1. The summed E-state index contributed by atoms with van der Waals surface area (Å²) in [6.07, 6.45) is 0. The zero-order chi connectivity index (χ0) is 38.2. The number of benzene rings is 9. The Balaban J connectivity index is 0.983. The van der Waals surface area contributed by atoms with Gasteiger partial charge in [0.05, 0.1) is 11.1 Å². The summed E-state index contributed by atoms with van der Waals surface area (Å²) >= 11 is 0. The van der Waals surface area contributed by atoms with Crippen LogP contribution in [0.25, 0.3) is 44.5 Å². The van der Waals surface area contributed by atoms with Crippen LogP contribution >= 0.6 is 0 Å². The second kappa shape index (κ2) is 12.7. The number of nitrogens with zero attached hydrogens (tertiary/aromatic N) is 1. The van der Waals surface area contributed by atoms with E-state index in [1.807, 2.05) is 6.07 Å². The molecule has 3 aliphatic rings. The van der Waals surface area contributed by atoms with Gasteiger partial charge in [0.15, 0.2) is 23.0 Å². The molecule has 1 heterocycles. The number of hydrogen-bond acceptors (Lipinski definition) is 3. The van der Waals surface area contributed by atoms with Gasteiger partial charge in [-0.25, -0.2) is 0 Å². The first-order chi connectivity index (χ1) is 28.8. The van der Waals surface area contributed by atoms with E-state index in [0.29, 0.717) is 11.5 Å². The predicted molar refractivity (Wildman–Crippen MR) is 235 cm³/mol. The fourth-order valence-corrected chi connectivity index (χ4v) is 9.68. The van der Waals surface area contributed by atoms with Crippen molar-refractivity contribution < 1.29 is 9.47 Å². The van der Waals surface area contributed by atoms with Crippen molar-refractivity contribution in [3.63, 3.8) is 0 Å². The molecule has 0 saturated heterocycles. The van der Waals surface area contributed by atoms with Gasteiger partial charge in [0.1, 0.15) is 0 Å². The Morgan fingerprint density at radius 2 is 0.810 bits per heavy atom. The van der Waals surface area contributed by atoms with Crippen LogP contribution in [0.2, 0.25) is 0 Å². The van der Waals surface area contributed by atoms with Crippen LogP contribution in [0, 0.1) is 0 Å². The summed E-state index contributed by atoms with van der Waals surface area (Å²) in [5, 5.41) is 0. The molecule has 0 amide bonds. The van der Waals surface area contributed by atoms with Crippen LogP contribution in [0.5, 0.6) is 23.0 Å². The molecule has 12 rings (SSSR count). The highest BCUT2D eigenvalue weighted by atomic mass is 16.6. The van der Waals surface area contributed by atoms with Gasteiger partial charge < -0.3 is 14.4 Å². The molecule has 9 aromatic carbocycles. The van der Waals surface area contributed by atoms with Gasteiger partial charge >= 0.3 is 0 Å². The van der Waals surface area contributed by atoms with Crippen LogP contribution in [0.15, 0.2) is 212 Å². The highest BCUT2D eigenvalue weighted by Crippen LogP contribution is 2.67. The molecule has 0 radical (unpaired) electrons. The Morgan fingerprint density at radius 1 is 0.310 bits per heavy atom. The highest BCUT2D eigenvalue weighted by molar-refractivity contribution is 5.97. The minimum atomic E-state index is -0.557. The maximum Gasteiger partial charge on any atom is 0.175 e. The molecule has 9 aromatic rings. The number of anilines is 3. The lowest BCUT2D eigenvalue weighted by Gasteiger charge is -2.33. The second-order valence-electron chi connectivity index (χ2n) is 15.2. The van der Waals surface area contributed by atoms with E-state index in [2.05, 4.69) is 211 Å². The molecular weight excluding hydrogens is 707 g/mol. The summed E-state index contributed by atoms with van der Waals surface area (Å²) in [4.78, 5) is 2.29. The second-order valence-corrected chi connectivity index (χ2v) is 15.2. The van der Waals surface area contributed by atoms with Crippen LogP contribution in [-0.2, 0) is 5.41 Å². The van der Waals surface area contributed by atoms with Crippen LogP contribution in [0.4, 0.5) is 17.1 Å². The van der Waals surface area contributed by atoms with Gasteiger partial charge in [-0.1, -0.05) is 164 Å². The molecule has 0 fully saturated rings. The van der Waals surface area contributed by atoms with Crippen LogP contribution in [0.1, 0.15) is 22.3 Å². The average molecular weight is 742 g/mol. The van der Waals surface area contributed by atoms with Crippen molar-refractivity contribution in [1.29, 1.82) is 0 Å². The first kappa shape index (κ1) is 32.6. The first-order valence-corrected chi connectivity index (χ1v) is 19.8. The quantitative estimate of drug-likeness (QED) is 0.175. The third kappa shape index (κ3) is 4.74. The summed E-state index contributed by atoms with van der Waals surface area (Å²) in [6, 6.07) is 75.7. The molecule has 0 unspecified atom stereocenters. The number of rotatable bonds is 5. The van der Waals surface area contributed by atoms with Crippen molar-refractivity contribution in [3.05, 3.63) is 235 Å². The van der Waals surface area contributed by atoms with E-state index in [9.17, 15) is 0 Å². The standard InChI is InChI=1S/C55H35NO2/c1-3-14-36(15-4-1)37-26-28-38(29-27-37)39-16-13-19-41(34-39)56(40-17-5-2-6-18-40)42-30-32-50-52(35-42)58-54-51(57-50)33-31-46-45-22-9-12-25-49(45)55(53(46)54)47-23-10-7-20-43(47)44-21-8-11-24-48(44)55/h1-35H. The lowest BCUT2D eigenvalue weighted by molar-refractivity contribution is 0.355. The summed E-state index contributed by atoms with van der Waals surface area (Å²) in [7, 11) is 0. The molecule has 272 valence electrons. The van der Waals surface area contributed by atoms with Crippen molar-refractivity contribution in [1.82, 2.24) is 0 Å². The number of fused-ring (bicyclic) bond motifs is 13. The molecule has 0 N–H and O–H groups in total. The van der Waals surface area contributed by atoms with Crippen molar-refractivity contribution in [3.8, 4) is 67.5 Å². The average Bonchev–Trinajstić information content (AvgIpc) is 3.77. The zero-order valence-corrected chi connectivity index (χ0v) is 31.5. The van der Waals surface area contributed by atoms with Gasteiger partial charge in [-0.2, -0.15) is 0 Å². The summed E-state index contributed by atoms with van der Waals surface area (Å²) in [5.41, 5.74) is 17.0. The van der Waals surface area contributed by atoms with E-state index in [1.165, 1.54) is 50.1 Å². The molecule has 58 heavy (non-hydrogen) atoms. The van der Waals surface area contributed by atoms with E-state index < -0.39 is 5.41 Å². The largest absolute Gasteiger partial charge is 0.449 e. The third-order valence-electron chi connectivity index (χ3n) is 12.1. The SMILES string of the molecule is c1ccc(-c2ccc(-c3cccc(N(c4ccccc4)c4ccc5c(c4)Oc4c(ccc6c4C4(c7ccccc7-c7ccccc74)c4ccccc4-6)O5)c3)cc2)cc1. The van der Waals surface area contributed by atoms with Crippen LogP contribution in [-0.4, -0.2) is 0 Å². The normalized spacial score (nSPS) is 13.2. The van der Waals surface area contributed by atoms with Gasteiger partial charge in [0.2, 0.25) is 0 Å². The lowest BCUT2D eigenvalue weighted by atomic mass is 9.70. The van der Waals surface area contributed by atoms with E-state index in [4.69, 9.17) is 9.47 Å².